The van der Waals surface area contributed by atoms with Crippen molar-refractivity contribution >= 4 is 0 Å². The molecule has 14 heavy (non-hydrogen) atoms. The van der Waals surface area contributed by atoms with E-state index in [1.807, 2.05) is 34.6 Å². The first-order chi connectivity index (χ1) is 6.38. The van der Waals surface area contributed by atoms with Crippen LogP contribution in [-0.4, -0.2) is 14.3 Å². The van der Waals surface area contributed by atoms with Gasteiger partial charge in [0.25, 0.3) is 0 Å². The van der Waals surface area contributed by atoms with Gasteiger partial charge in [-0.1, -0.05) is 6.92 Å². The van der Waals surface area contributed by atoms with E-state index < -0.39 is 0 Å². The van der Waals surface area contributed by atoms with E-state index in [-0.39, 0.29) is 17.3 Å². The van der Waals surface area contributed by atoms with E-state index in [9.17, 15) is 4.79 Å². The van der Waals surface area contributed by atoms with Gasteiger partial charge in [-0.2, -0.15) is 5.10 Å². The zero-order chi connectivity index (χ0) is 10.9. The van der Waals surface area contributed by atoms with E-state index >= 15 is 0 Å². The quantitative estimate of drug-likeness (QED) is 0.725. The zero-order valence-electron chi connectivity index (χ0n) is 9.61. The molecule has 0 saturated carbocycles. The van der Waals surface area contributed by atoms with E-state index in [1.54, 1.807) is 15.6 Å². The fourth-order valence-corrected chi connectivity index (χ4v) is 1.25. The molecule has 1 aromatic rings. The first kappa shape index (κ1) is 11.0. The second kappa shape index (κ2) is 3.59. The second-order valence-corrected chi connectivity index (χ2v) is 4.66. The molecule has 80 valence electrons. The molecular weight excluding hydrogens is 178 g/mol. The van der Waals surface area contributed by atoms with Gasteiger partial charge < -0.3 is 0 Å². The molecule has 0 radical (unpaired) electrons. The van der Waals surface area contributed by atoms with Crippen molar-refractivity contribution in [3.05, 3.63) is 16.8 Å². The molecule has 0 aliphatic rings. The Labute approximate surface area is 84.5 Å². The standard InChI is InChI=1S/C10H19N3O/c1-6-8(2)13-9(14)12(7-11-13)10(3,4)5/h7-8H,6H2,1-5H3/t8-/m1/s1. The Morgan fingerprint density at radius 3 is 2.43 bits per heavy atom. The highest BCUT2D eigenvalue weighted by atomic mass is 16.2. The van der Waals surface area contributed by atoms with Gasteiger partial charge in [0.2, 0.25) is 0 Å². The molecule has 4 heteroatoms. The van der Waals surface area contributed by atoms with E-state index in [4.69, 9.17) is 0 Å². The van der Waals surface area contributed by atoms with Gasteiger partial charge in [0, 0.05) is 5.54 Å². The third-order valence-corrected chi connectivity index (χ3v) is 2.42. The minimum Gasteiger partial charge on any atom is -0.276 e. The van der Waals surface area contributed by atoms with Crippen LogP contribution in [-0.2, 0) is 5.54 Å². The summed E-state index contributed by atoms with van der Waals surface area (Å²) >= 11 is 0. The maximum absolute atomic E-state index is 11.9. The summed E-state index contributed by atoms with van der Waals surface area (Å²) in [5, 5.41) is 4.12. The summed E-state index contributed by atoms with van der Waals surface area (Å²) in [6.45, 7) is 10.0. The Bertz CT molecular complexity index is 356. The fraction of sp³-hybridized carbons (Fsp3) is 0.800. The maximum Gasteiger partial charge on any atom is 0.346 e. The van der Waals surface area contributed by atoms with E-state index in [2.05, 4.69) is 5.10 Å². The highest BCUT2D eigenvalue weighted by Crippen LogP contribution is 2.11. The molecule has 0 aromatic carbocycles. The summed E-state index contributed by atoms with van der Waals surface area (Å²) in [5.41, 5.74) is -0.213. The number of hydrogen-bond donors (Lipinski definition) is 0. The Morgan fingerprint density at radius 2 is 2.07 bits per heavy atom. The summed E-state index contributed by atoms with van der Waals surface area (Å²) in [5.74, 6) is 0. The molecule has 0 spiro atoms. The van der Waals surface area contributed by atoms with Crippen molar-refractivity contribution in [2.75, 3.05) is 0 Å². The van der Waals surface area contributed by atoms with Gasteiger partial charge >= 0.3 is 5.69 Å². The minimum atomic E-state index is -0.192. The van der Waals surface area contributed by atoms with Crippen LogP contribution in [0.15, 0.2) is 11.1 Å². The van der Waals surface area contributed by atoms with Crippen LogP contribution in [0.1, 0.15) is 47.1 Å². The summed E-state index contributed by atoms with van der Waals surface area (Å²) in [6.07, 6.45) is 2.54. The van der Waals surface area contributed by atoms with E-state index in [1.165, 1.54) is 0 Å². The predicted octanol–water partition coefficient (Wildman–Crippen LogP) is 1.77. The predicted molar refractivity (Wildman–Crippen MR) is 56.5 cm³/mol. The van der Waals surface area contributed by atoms with Crippen molar-refractivity contribution < 1.29 is 0 Å². The largest absolute Gasteiger partial charge is 0.346 e. The van der Waals surface area contributed by atoms with Gasteiger partial charge in [0.1, 0.15) is 6.33 Å². The molecule has 1 aromatic heterocycles. The molecule has 1 heterocycles. The summed E-state index contributed by atoms with van der Waals surface area (Å²) in [6, 6.07) is 0.172. The highest BCUT2D eigenvalue weighted by Gasteiger charge is 2.19. The summed E-state index contributed by atoms with van der Waals surface area (Å²) in [4.78, 5) is 11.9. The third kappa shape index (κ3) is 1.89. The Balaban J connectivity index is 3.16. The topological polar surface area (TPSA) is 39.8 Å². The number of aromatic nitrogens is 3. The Hall–Kier alpha value is -1.06. The summed E-state index contributed by atoms with van der Waals surface area (Å²) in [7, 11) is 0. The highest BCUT2D eigenvalue weighted by molar-refractivity contribution is 4.80. The number of hydrogen-bond acceptors (Lipinski definition) is 2. The lowest BCUT2D eigenvalue weighted by Crippen LogP contribution is -2.35. The fourth-order valence-electron chi connectivity index (χ4n) is 1.25. The van der Waals surface area contributed by atoms with Gasteiger partial charge in [-0.15, -0.1) is 0 Å². The van der Waals surface area contributed by atoms with Crippen molar-refractivity contribution in [3.63, 3.8) is 0 Å². The molecular formula is C10H19N3O. The SMILES string of the molecule is CC[C@@H](C)n1ncn(C(C)(C)C)c1=O. The smallest absolute Gasteiger partial charge is 0.276 e. The molecule has 1 rings (SSSR count). The molecule has 0 aliphatic carbocycles. The van der Waals surface area contributed by atoms with Crippen LogP contribution in [0.25, 0.3) is 0 Å². The van der Waals surface area contributed by atoms with Gasteiger partial charge in [0.15, 0.2) is 0 Å². The maximum atomic E-state index is 11.9. The first-order valence-electron chi connectivity index (χ1n) is 5.04. The summed E-state index contributed by atoms with van der Waals surface area (Å²) < 4.78 is 3.21. The van der Waals surface area contributed by atoms with E-state index in [0.717, 1.165) is 6.42 Å². The van der Waals surface area contributed by atoms with Gasteiger partial charge in [0.05, 0.1) is 6.04 Å². The Kier molecular flexibility index (Phi) is 2.83. The van der Waals surface area contributed by atoms with Crippen molar-refractivity contribution in [2.24, 2.45) is 0 Å². The normalized spacial score (nSPS) is 14.4. The van der Waals surface area contributed by atoms with Crippen LogP contribution < -0.4 is 5.69 Å². The van der Waals surface area contributed by atoms with Crippen LogP contribution in [0.2, 0.25) is 0 Å². The molecule has 4 nitrogen and oxygen atoms in total. The molecule has 1 atom stereocenters. The van der Waals surface area contributed by atoms with Crippen molar-refractivity contribution in [1.82, 2.24) is 14.3 Å². The molecule has 0 unspecified atom stereocenters. The average molecular weight is 197 g/mol. The van der Waals surface area contributed by atoms with E-state index in [0.29, 0.717) is 0 Å². The lowest BCUT2D eigenvalue weighted by atomic mass is 10.1. The zero-order valence-corrected chi connectivity index (χ0v) is 9.61. The molecule has 0 bridgehead atoms. The first-order valence-corrected chi connectivity index (χ1v) is 5.04. The van der Waals surface area contributed by atoms with Crippen molar-refractivity contribution in [1.29, 1.82) is 0 Å². The van der Waals surface area contributed by atoms with Crippen LogP contribution in [0.5, 0.6) is 0 Å². The van der Waals surface area contributed by atoms with Gasteiger partial charge in [-0.25, -0.2) is 9.48 Å². The van der Waals surface area contributed by atoms with Crippen LogP contribution in [0, 0.1) is 0 Å². The van der Waals surface area contributed by atoms with Crippen LogP contribution in [0.3, 0.4) is 0 Å². The van der Waals surface area contributed by atoms with Crippen molar-refractivity contribution in [3.8, 4) is 0 Å². The molecule has 0 saturated heterocycles. The van der Waals surface area contributed by atoms with Gasteiger partial charge in [-0.3, -0.25) is 4.57 Å². The second-order valence-electron chi connectivity index (χ2n) is 4.66. The van der Waals surface area contributed by atoms with Crippen LogP contribution in [0.4, 0.5) is 0 Å². The molecule has 0 fully saturated rings. The van der Waals surface area contributed by atoms with Gasteiger partial charge in [-0.05, 0) is 34.1 Å². The number of nitrogens with zero attached hydrogens (tertiary/aromatic N) is 3. The third-order valence-electron chi connectivity index (χ3n) is 2.42. The molecule has 0 N–H and O–H groups in total. The Morgan fingerprint density at radius 1 is 1.50 bits per heavy atom. The monoisotopic (exact) mass is 197 g/mol. The van der Waals surface area contributed by atoms with Crippen LogP contribution >= 0.6 is 0 Å². The molecule has 0 aliphatic heterocycles. The minimum absolute atomic E-state index is 0.0214. The van der Waals surface area contributed by atoms with Crippen molar-refractivity contribution in [2.45, 2.75) is 52.6 Å². The lowest BCUT2D eigenvalue weighted by Gasteiger charge is -2.18. The lowest BCUT2D eigenvalue weighted by molar-refractivity contribution is 0.370. The average Bonchev–Trinajstić information content (AvgIpc) is 2.45. The molecule has 0 amide bonds. The number of rotatable bonds is 2.